The van der Waals surface area contributed by atoms with Crippen LogP contribution < -0.4 is 0 Å². The first-order valence-electron chi connectivity index (χ1n) is 6.13. The van der Waals surface area contributed by atoms with Crippen LogP contribution in [-0.4, -0.2) is 19.7 Å². The topological polar surface area (TPSA) is 43.6 Å². The van der Waals surface area contributed by atoms with Gasteiger partial charge in [0.15, 0.2) is 0 Å². The molecule has 2 aromatic heterocycles. The SMILES string of the molecule is Cc1nn(C2CCCCC2)c2cnc(Cl)nc12. The standard InChI is InChI=1S/C12H15ClN4/c1-8-11-10(7-14-12(13)15-11)17(16-8)9-5-3-2-4-6-9/h7,9H,2-6H2,1H3. The van der Waals surface area contributed by atoms with Crippen molar-refractivity contribution >= 4 is 22.6 Å². The van der Waals surface area contributed by atoms with Crippen molar-refractivity contribution in [1.29, 1.82) is 0 Å². The van der Waals surface area contributed by atoms with Crippen molar-refractivity contribution in [2.24, 2.45) is 0 Å². The molecule has 0 amide bonds. The number of nitrogens with zero attached hydrogens (tertiary/aromatic N) is 4. The molecule has 1 aliphatic carbocycles. The second-order valence-corrected chi connectivity index (χ2v) is 5.03. The Morgan fingerprint density at radius 1 is 1.29 bits per heavy atom. The van der Waals surface area contributed by atoms with E-state index in [0.29, 0.717) is 11.3 Å². The molecule has 0 saturated heterocycles. The van der Waals surface area contributed by atoms with Crippen molar-refractivity contribution in [3.05, 3.63) is 17.2 Å². The predicted molar refractivity (Wildman–Crippen MR) is 67.2 cm³/mol. The lowest BCUT2D eigenvalue weighted by atomic mass is 9.96. The van der Waals surface area contributed by atoms with E-state index in [4.69, 9.17) is 11.6 Å². The van der Waals surface area contributed by atoms with Gasteiger partial charge in [-0.05, 0) is 31.4 Å². The van der Waals surface area contributed by atoms with Crippen LogP contribution in [0.4, 0.5) is 0 Å². The van der Waals surface area contributed by atoms with E-state index >= 15 is 0 Å². The molecule has 0 aliphatic heterocycles. The Morgan fingerprint density at radius 2 is 2.06 bits per heavy atom. The van der Waals surface area contributed by atoms with Gasteiger partial charge >= 0.3 is 0 Å². The molecule has 2 aromatic rings. The van der Waals surface area contributed by atoms with Crippen molar-refractivity contribution < 1.29 is 0 Å². The first-order chi connectivity index (χ1) is 8.25. The summed E-state index contributed by atoms with van der Waals surface area (Å²) >= 11 is 5.83. The molecule has 3 rings (SSSR count). The van der Waals surface area contributed by atoms with Crippen molar-refractivity contribution in [3.8, 4) is 0 Å². The van der Waals surface area contributed by atoms with Gasteiger partial charge in [0.2, 0.25) is 5.28 Å². The van der Waals surface area contributed by atoms with Crippen LogP contribution in [0.25, 0.3) is 11.0 Å². The summed E-state index contributed by atoms with van der Waals surface area (Å²) in [5.41, 5.74) is 2.84. The number of hydrogen-bond donors (Lipinski definition) is 0. The number of aryl methyl sites for hydroxylation is 1. The molecule has 0 N–H and O–H groups in total. The van der Waals surface area contributed by atoms with Crippen molar-refractivity contribution in [2.75, 3.05) is 0 Å². The van der Waals surface area contributed by atoms with Crippen LogP contribution in [0.15, 0.2) is 6.20 Å². The smallest absolute Gasteiger partial charge is 0.223 e. The molecule has 0 bridgehead atoms. The fourth-order valence-electron chi connectivity index (χ4n) is 2.65. The first kappa shape index (κ1) is 11.0. The normalized spacial score (nSPS) is 17.8. The van der Waals surface area contributed by atoms with Gasteiger partial charge in [-0.25, -0.2) is 9.97 Å². The monoisotopic (exact) mass is 250 g/mol. The highest BCUT2D eigenvalue weighted by Crippen LogP contribution is 2.30. The van der Waals surface area contributed by atoms with Gasteiger partial charge in [0.05, 0.1) is 17.9 Å². The van der Waals surface area contributed by atoms with Crippen LogP contribution in [-0.2, 0) is 0 Å². The summed E-state index contributed by atoms with van der Waals surface area (Å²) in [7, 11) is 0. The molecule has 90 valence electrons. The Hall–Kier alpha value is -1.16. The molecule has 0 unspecified atom stereocenters. The zero-order valence-corrected chi connectivity index (χ0v) is 10.6. The van der Waals surface area contributed by atoms with Crippen LogP contribution in [0.5, 0.6) is 0 Å². The minimum atomic E-state index is 0.295. The minimum Gasteiger partial charge on any atom is -0.258 e. The van der Waals surface area contributed by atoms with Gasteiger partial charge in [-0.15, -0.1) is 0 Å². The molecule has 0 radical (unpaired) electrons. The Kier molecular flexibility index (Phi) is 2.74. The molecular weight excluding hydrogens is 236 g/mol. The van der Waals surface area contributed by atoms with E-state index in [9.17, 15) is 0 Å². The number of aromatic nitrogens is 4. The Bertz CT molecular complexity index is 543. The van der Waals surface area contributed by atoms with Gasteiger partial charge in [0, 0.05) is 0 Å². The third-order valence-electron chi connectivity index (χ3n) is 3.51. The Morgan fingerprint density at radius 3 is 2.82 bits per heavy atom. The van der Waals surface area contributed by atoms with E-state index in [1.54, 1.807) is 6.20 Å². The van der Waals surface area contributed by atoms with E-state index in [0.717, 1.165) is 16.7 Å². The summed E-state index contributed by atoms with van der Waals surface area (Å²) in [6.45, 7) is 1.98. The number of rotatable bonds is 1. The van der Waals surface area contributed by atoms with Gasteiger partial charge in [-0.2, -0.15) is 5.10 Å². The molecule has 17 heavy (non-hydrogen) atoms. The van der Waals surface area contributed by atoms with E-state index in [1.807, 2.05) is 6.92 Å². The molecule has 0 spiro atoms. The Balaban J connectivity index is 2.10. The highest BCUT2D eigenvalue weighted by molar-refractivity contribution is 6.28. The van der Waals surface area contributed by atoms with Crippen LogP contribution in [0.2, 0.25) is 5.28 Å². The summed E-state index contributed by atoms with van der Waals surface area (Å²) in [5.74, 6) is 0. The molecule has 0 atom stereocenters. The summed E-state index contributed by atoms with van der Waals surface area (Å²) in [4.78, 5) is 8.33. The van der Waals surface area contributed by atoms with E-state index in [-0.39, 0.29) is 0 Å². The third-order valence-corrected chi connectivity index (χ3v) is 3.69. The third kappa shape index (κ3) is 1.90. The average molecular weight is 251 g/mol. The first-order valence-corrected chi connectivity index (χ1v) is 6.51. The van der Waals surface area contributed by atoms with Crippen LogP contribution in [0.3, 0.4) is 0 Å². The molecule has 0 aromatic carbocycles. The quantitative estimate of drug-likeness (QED) is 0.730. The van der Waals surface area contributed by atoms with E-state index < -0.39 is 0 Å². The van der Waals surface area contributed by atoms with Crippen LogP contribution in [0.1, 0.15) is 43.8 Å². The molecule has 5 heteroatoms. The van der Waals surface area contributed by atoms with Gasteiger partial charge in [-0.3, -0.25) is 4.68 Å². The van der Waals surface area contributed by atoms with Gasteiger partial charge < -0.3 is 0 Å². The number of halogens is 1. The van der Waals surface area contributed by atoms with Gasteiger partial charge in [0.1, 0.15) is 11.0 Å². The van der Waals surface area contributed by atoms with Crippen molar-refractivity contribution in [3.63, 3.8) is 0 Å². The molecular formula is C12H15ClN4. The highest BCUT2D eigenvalue weighted by atomic mass is 35.5. The minimum absolute atomic E-state index is 0.295. The number of fused-ring (bicyclic) bond motifs is 1. The maximum Gasteiger partial charge on any atom is 0.223 e. The predicted octanol–water partition coefficient (Wildman–Crippen LogP) is 3.29. The van der Waals surface area contributed by atoms with Crippen molar-refractivity contribution in [2.45, 2.75) is 45.1 Å². The van der Waals surface area contributed by atoms with Crippen molar-refractivity contribution in [1.82, 2.24) is 19.7 Å². The molecule has 4 nitrogen and oxygen atoms in total. The number of hydrogen-bond acceptors (Lipinski definition) is 3. The zero-order valence-electron chi connectivity index (χ0n) is 9.86. The summed E-state index contributed by atoms with van der Waals surface area (Å²) in [6, 6.07) is 0.504. The second kappa shape index (κ2) is 4.26. The fraction of sp³-hybridized carbons (Fsp3) is 0.583. The summed E-state index contributed by atoms with van der Waals surface area (Å²) in [5, 5.41) is 4.91. The molecule has 2 heterocycles. The van der Waals surface area contributed by atoms with Crippen LogP contribution >= 0.6 is 11.6 Å². The fourth-order valence-corrected chi connectivity index (χ4v) is 2.79. The lowest BCUT2D eigenvalue weighted by Crippen LogP contribution is -2.14. The maximum absolute atomic E-state index is 5.83. The lowest BCUT2D eigenvalue weighted by molar-refractivity contribution is 0.336. The molecule has 1 saturated carbocycles. The van der Waals surface area contributed by atoms with Crippen LogP contribution in [0, 0.1) is 6.92 Å². The van der Waals surface area contributed by atoms with E-state index in [1.165, 1.54) is 32.1 Å². The second-order valence-electron chi connectivity index (χ2n) is 4.69. The Labute approximate surface area is 105 Å². The average Bonchev–Trinajstić information content (AvgIpc) is 2.68. The summed E-state index contributed by atoms with van der Waals surface area (Å²) in [6.07, 6.45) is 8.13. The lowest BCUT2D eigenvalue weighted by Gasteiger charge is -2.22. The summed E-state index contributed by atoms with van der Waals surface area (Å²) < 4.78 is 2.10. The van der Waals surface area contributed by atoms with Gasteiger partial charge in [-0.1, -0.05) is 19.3 Å². The molecule has 1 fully saturated rings. The maximum atomic E-state index is 5.83. The highest BCUT2D eigenvalue weighted by Gasteiger charge is 2.20. The largest absolute Gasteiger partial charge is 0.258 e. The molecule has 1 aliphatic rings. The van der Waals surface area contributed by atoms with Gasteiger partial charge in [0.25, 0.3) is 0 Å². The zero-order chi connectivity index (χ0) is 11.8. The van der Waals surface area contributed by atoms with E-state index in [2.05, 4.69) is 19.7 Å².